The van der Waals surface area contributed by atoms with Crippen molar-refractivity contribution in [1.82, 2.24) is 0 Å². The minimum Gasteiger partial charge on any atom is -0.313 e. The fraction of sp³-hybridized carbons (Fsp3) is 0.167. The van der Waals surface area contributed by atoms with Crippen LogP contribution in [0.15, 0.2) is 82.4 Å². The lowest BCUT2D eigenvalue weighted by Crippen LogP contribution is -2.09. The Bertz CT molecular complexity index is 1040. The van der Waals surface area contributed by atoms with Gasteiger partial charge in [-0.2, -0.15) is 0 Å². The van der Waals surface area contributed by atoms with Crippen molar-refractivity contribution >= 4 is 39.2 Å². The molecular weight excluding hydrogens is 450 g/mol. The number of oxime groups is 1. The Morgan fingerprint density at radius 3 is 2.24 bits per heavy atom. The normalized spacial score (nSPS) is 18.4. The number of carbonyl (C=O) groups is 1. The third kappa shape index (κ3) is 4.77. The molecule has 0 heterocycles. The third-order valence-corrected chi connectivity index (χ3v) is 5.87. The van der Waals surface area contributed by atoms with E-state index in [1.165, 1.54) is 5.56 Å². The van der Waals surface area contributed by atoms with Crippen molar-refractivity contribution in [2.75, 3.05) is 0 Å². The fourth-order valence-electron chi connectivity index (χ4n) is 3.36. The Kier molecular flexibility index (Phi) is 5.84. The molecule has 1 fully saturated rings. The molecule has 0 saturated heterocycles. The van der Waals surface area contributed by atoms with Crippen LogP contribution in [-0.4, -0.2) is 11.7 Å². The Labute approximate surface area is 183 Å². The molecular formula is C24H19BrClNO2. The summed E-state index contributed by atoms with van der Waals surface area (Å²) in [5, 5.41) is 5.03. The van der Waals surface area contributed by atoms with Crippen LogP contribution in [0.5, 0.6) is 0 Å². The predicted molar refractivity (Wildman–Crippen MR) is 120 cm³/mol. The SMILES string of the molecule is Cc1ccc(C(=O)O/N=C(/c2ccc(Br)cc2)[C@H]2C[C@@H]2c2ccc(Cl)cc2)cc1. The van der Waals surface area contributed by atoms with Crippen molar-refractivity contribution < 1.29 is 9.63 Å². The zero-order valence-corrected chi connectivity index (χ0v) is 18.2. The molecule has 0 aliphatic heterocycles. The first-order valence-corrected chi connectivity index (χ1v) is 10.6. The molecule has 1 aliphatic carbocycles. The molecule has 0 spiro atoms. The lowest BCUT2D eigenvalue weighted by molar-refractivity contribution is 0.0515. The van der Waals surface area contributed by atoms with Gasteiger partial charge in [0, 0.05) is 15.4 Å². The Hall–Kier alpha value is -2.43. The van der Waals surface area contributed by atoms with E-state index in [-0.39, 0.29) is 5.92 Å². The second-order valence-corrected chi connectivity index (χ2v) is 8.58. The van der Waals surface area contributed by atoms with Crippen molar-refractivity contribution in [3.05, 3.63) is 105 Å². The van der Waals surface area contributed by atoms with Gasteiger partial charge in [-0.3, -0.25) is 0 Å². The predicted octanol–water partition coefficient (Wildman–Crippen LogP) is 6.78. The first kappa shape index (κ1) is 19.9. The topological polar surface area (TPSA) is 38.7 Å². The summed E-state index contributed by atoms with van der Waals surface area (Å²) >= 11 is 9.48. The van der Waals surface area contributed by atoms with Crippen LogP contribution in [0.3, 0.4) is 0 Å². The molecule has 2 atom stereocenters. The third-order valence-electron chi connectivity index (χ3n) is 5.09. The first-order valence-electron chi connectivity index (χ1n) is 9.38. The summed E-state index contributed by atoms with van der Waals surface area (Å²) in [6, 6.07) is 23.1. The molecule has 0 unspecified atom stereocenters. The van der Waals surface area contributed by atoms with E-state index in [0.29, 0.717) is 11.5 Å². The van der Waals surface area contributed by atoms with E-state index in [9.17, 15) is 4.79 Å². The maximum Gasteiger partial charge on any atom is 0.365 e. The van der Waals surface area contributed by atoms with Gasteiger partial charge in [-0.1, -0.05) is 74.6 Å². The van der Waals surface area contributed by atoms with E-state index in [2.05, 4.69) is 21.1 Å². The Morgan fingerprint density at radius 1 is 0.966 bits per heavy atom. The molecule has 29 heavy (non-hydrogen) atoms. The molecule has 146 valence electrons. The zero-order chi connectivity index (χ0) is 20.4. The van der Waals surface area contributed by atoms with Crippen molar-refractivity contribution in [1.29, 1.82) is 0 Å². The van der Waals surface area contributed by atoms with E-state index in [1.807, 2.05) is 67.6 Å². The van der Waals surface area contributed by atoms with Crippen LogP contribution >= 0.6 is 27.5 Å². The van der Waals surface area contributed by atoms with Crippen molar-refractivity contribution in [2.45, 2.75) is 19.3 Å². The maximum absolute atomic E-state index is 12.4. The summed E-state index contributed by atoms with van der Waals surface area (Å²) < 4.78 is 0.988. The van der Waals surface area contributed by atoms with E-state index in [0.717, 1.165) is 32.8 Å². The van der Waals surface area contributed by atoms with Gasteiger partial charge < -0.3 is 4.84 Å². The molecule has 1 saturated carbocycles. The molecule has 3 aromatic carbocycles. The molecule has 0 bridgehead atoms. The van der Waals surface area contributed by atoms with Gasteiger partial charge in [0.05, 0.1) is 11.3 Å². The highest BCUT2D eigenvalue weighted by Crippen LogP contribution is 2.49. The fourth-order valence-corrected chi connectivity index (χ4v) is 3.75. The summed E-state index contributed by atoms with van der Waals surface area (Å²) in [4.78, 5) is 17.8. The quantitative estimate of drug-likeness (QED) is 0.235. The Morgan fingerprint density at radius 2 is 1.59 bits per heavy atom. The summed E-state index contributed by atoms with van der Waals surface area (Å²) in [6.45, 7) is 1.98. The minimum atomic E-state index is -0.455. The highest BCUT2D eigenvalue weighted by Gasteiger charge is 2.43. The lowest BCUT2D eigenvalue weighted by Gasteiger charge is -2.07. The summed E-state index contributed by atoms with van der Waals surface area (Å²) in [7, 11) is 0. The highest BCUT2D eigenvalue weighted by atomic mass is 79.9. The molecule has 0 N–H and O–H groups in total. The lowest BCUT2D eigenvalue weighted by atomic mass is 10.0. The largest absolute Gasteiger partial charge is 0.365 e. The minimum absolute atomic E-state index is 0.197. The van der Waals surface area contributed by atoms with E-state index in [1.54, 1.807) is 12.1 Å². The van der Waals surface area contributed by atoms with E-state index >= 15 is 0 Å². The van der Waals surface area contributed by atoms with Gasteiger partial charge in [0.1, 0.15) is 0 Å². The molecule has 1 aliphatic rings. The molecule has 3 aromatic rings. The average molecular weight is 469 g/mol. The monoisotopic (exact) mass is 467 g/mol. The molecule has 0 amide bonds. The maximum atomic E-state index is 12.4. The number of aryl methyl sites for hydroxylation is 1. The summed E-state index contributed by atoms with van der Waals surface area (Å²) in [5.74, 6) is 0.0826. The van der Waals surface area contributed by atoms with Gasteiger partial charge in [0.15, 0.2) is 0 Å². The van der Waals surface area contributed by atoms with Crippen LogP contribution in [0.4, 0.5) is 0 Å². The standard InChI is InChI=1S/C24H19BrClNO2/c1-15-2-4-18(5-3-15)24(28)29-27-23(17-6-10-19(25)11-7-17)22-14-21(22)16-8-12-20(26)13-9-16/h2-13,21-22H,14H2,1H3/b27-23-/t21-,22+/m1/s1. The van der Waals surface area contributed by atoms with Gasteiger partial charge in [-0.05, 0) is 66.8 Å². The molecule has 3 nitrogen and oxygen atoms in total. The number of carbonyl (C=O) groups excluding carboxylic acids is 1. The number of hydrogen-bond donors (Lipinski definition) is 0. The second kappa shape index (κ2) is 8.52. The van der Waals surface area contributed by atoms with Crippen LogP contribution in [0.2, 0.25) is 5.02 Å². The summed E-state index contributed by atoms with van der Waals surface area (Å²) in [6.07, 6.45) is 0.957. The number of hydrogen-bond acceptors (Lipinski definition) is 3. The molecule has 5 heteroatoms. The van der Waals surface area contributed by atoms with Crippen LogP contribution < -0.4 is 0 Å². The van der Waals surface area contributed by atoms with E-state index in [4.69, 9.17) is 16.4 Å². The van der Waals surface area contributed by atoms with Crippen LogP contribution in [-0.2, 0) is 4.84 Å². The van der Waals surface area contributed by atoms with Crippen molar-refractivity contribution in [3.8, 4) is 0 Å². The van der Waals surface area contributed by atoms with Crippen LogP contribution in [0, 0.1) is 12.8 Å². The number of rotatable bonds is 5. The van der Waals surface area contributed by atoms with Gasteiger partial charge >= 0.3 is 5.97 Å². The number of benzene rings is 3. The van der Waals surface area contributed by atoms with Crippen LogP contribution in [0.1, 0.15) is 39.4 Å². The smallest absolute Gasteiger partial charge is 0.313 e. The van der Waals surface area contributed by atoms with Gasteiger partial charge in [-0.15, -0.1) is 0 Å². The molecule has 4 rings (SSSR count). The first-order chi connectivity index (χ1) is 14.0. The van der Waals surface area contributed by atoms with Gasteiger partial charge in [0.2, 0.25) is 0 Å². The molecule has 0 radical (unpaired) electrons. The van der Waals surface area contributed by atoms with Crippen molar-refractivity contribution in [2.24, 2.45) is 11.1 Å². The Balaban J connectivity index is 1.58. The highest BCUT2D eigenvalue weighted by molar-refractivity contribution is 9.10. The summed E-state index contributed by atoms with van der Waals surface area (Å²) in [5.41, 5.74) is 4.53. The zero-order valence-electron chi connectivity index (χ0n) is 15.8. The molecule has 0 aromatic heterocycles. The number of nitrogens with zero attached hydrogens (tertiary/aromatic N) is 1. The average Bonchev–Trinajstić information content (AvgIpc) is 3.51. The van der Waals surface area contributed by atoms with Crippen LogP contribution in [0.25, 0.3) is 0 Å². The van der Waals surface area contributed by atoms with Gasteiger partial charge in [-0.25, -0.2) is 4.79 Å². The second-order valence-electron chi connectivity index (χ2n) is 7.23. The number of halogens is 2. The van der Waals surface area contributed by atoms with E-state index < -0.39 is 5.97 Å². The van der Waals surface area contributed by atoms with Crippen molar-refractivity contribution in [3.63, 3.8) is 0 Å². The van der Waals surface area contributed by atoms with Gasteiger partial charge in [0.25, 0.3) is 0 Å².